The number of thiophene rings is 1. The van der Waals surface area contributed by atoms with Crippen LogP contribution in [0.2, 0.25) is 0 Å². The van der Waals surface area contributed by atoms with Gasteiger partial charge in [0.15, 0.2) is 0 Å². The van der Waals surface area contributed by atoms with Crippen molar-refractivity contribution >= 4 is 21.4 Å². The highest BCUT2D eigenvalue weighted by molar-refractivity contribution is 7.19. The molecule has 3 aromatic rings. The molecule has 3 nitrogen and oxygen atoms in total. The molecule has 0 unspecified atom stereocenters. The Hall–Kier alpha value is -2.04. The van der Waals surface area contributed by atoms with E-state index in [0.717, 1.165) is 10.4 Å². The fourth-order valence-electron chi connectivity index (χ4n) is 2.14. The number of hydrogen-bond acceptors (Lipinski definition) is 4. The number of nitrogens with two attached hydrogens (primary N) is 1. The summed E-state index contributed by atoms with van der Waals surface area (Å²) in [6, 6.07) is 15.1. The van der Waals surface area contributed by atoms with E-state index in [1.807, 2.05) is 12.1 Å². The Morgan fingerprint density at radius 1 is 1.10 bits per heavy atom. The third-order valence-electron chi connectivity index (χ3n) is 3.10. The predicted molar refractivity (Wildman–Crippen MR) is 82.2 cm³/mol. The van der Waals surface area contributed by atoms with Gasteiger partial charge >= 0.3 is 0 Å². The minimum Gasteiger partial charge on any atom is -0.508 e. The second kappa shape index (κ2) is 5.53. The van der Waals surface area contributed by atoms with E-state index in [0.29, 0.717) is 18.9 Å². The molecular weight excluding hydrogens is 270 g/mol. The summed E-state index contributed by atoms with van der Waals surface area (Å²) in [6.07, 6.45) is 0. The van der Waals surface area contributed by atoms with E-state index in [4.69, 9.17) is 10.5 Å². The van der Waals surface area contributed by atoms with E-state index in [-0.39, 0.29) is 5.75 Å². The fourth-order valence-corrected chi connectivity index (χ4v) is 3.23. The van der Waals surface area contributed by atoms with Crippen molar-refractivity contribution in [2.75, 3.05) is 0 Å². The average Bonchev–Trinajstić information content (AvgIpc) is 2.88. The van der Waals surface area contributed by atoms with Gasteiger partial charge < -0.3 is 15.6 Å². The van der Waals surface area contributed by atoms with Crippen LogP contribution in [0.15, 0.2) is 48.5 Å². The van der Waals surface area contributed by atoms with Crippen LogP contribution in [0.25, 0.3) is 10.1 Å². The molecule has 4 heteroatoms. The van der Waals surface area contributed by atoms with Gasteiger partial charge in [-0.3, -0.25) is 0 Å². The molecule has 0 fully saturated rings. The van der Waals surface area contributed by atoms with Crippen LogP contribution < -0.4 is 10.5 Å². The van der Waals surface area contributed by atoms with E-state index >= 15 is 0 Å². The first-order valence-corrected chi connectivity index (χ1v) is 7.20. The standard InChI is InChI=1S/C16H15NO2S/c17-9-12-4-1-3-11-7-15(20-16(11)12)10-19-14-6-2-5-13(18)8-14/h1-8,18H,9-10,17H2. The second-order valence-corrected chi connectivity index (χ2v) is 5.68. The highest BCUT2D eigenvalue weighted by atomic mass is 32.1. The lowest BCUT2D eigenvalue weighted by Crippen LogP contribution is -1.95. The molecule has 102 valence electrons. The number of benzene rings is 2. The maximum absolute atomic E-state index is 9.40. The Morgan fingerprint density at radius 3 is 2.75 bits per heavy atom. The zero-order valence-electron chi connectivity index (χ0n) is 10.9. The van der Waals surface area contributed by atoms with Gasteiger partial charge in [-0.05, 0) is 29.1 Å². The van der Waals surface area contributed by atoms with Gasteiger partial charge in [0.1, 0.15) is 18.1 Å². The number of phenolic OH excluding ortho intramolecular Hbond substituents is 1. The van der Waals surface area contributed by atoms with Gasteiger partial charge in [-0.15, -0.1) is 11.3 Å². The van der Waals surface area contributed by atoms with Gasteiger partial charge in [0.25, 0.3) is 0 Å². The summed E-state index contributed by atoms with van der Waals surface area (Å²) in [5, 5.41) is 10.6. The molecule has 0 spiro atoms. The van der Waals surface area contributed by atoms with E-state index in [2.05, 4.69) is 18.2 Å². The van der Waals surface area contributed by atoms with Crippen molar-refractivity contribution in [3.8, 4) is 11.5 Å². The lowest BCUT2D eigenvalue weighted by Gasteiger charge is -2.04. The maximum Gasteiger partial charge on any atom is 0.123 e. The van der Waals surface area contributed by atoms with Crippen molar-refractivity contribution in [2.45, 2.75) is 13.2 Å². The van der Waals surface area contributed by atoms with Crippen molar-refractivity contribution < 1.29 is 9.84 Å². The molecule has 0 saturated carbocycles. The van der Waals surface area contributed by atoms with Crippen LogP contribution in [0.5, 0.6) is 11.5 Å². The molecule has 1 heterocycles. The maximum atomic E-state index is 9.40. The molecule has 0 atom stereocenters. The van der Waals surface area contributed by atoms with Crippen LogP contribution in [0.4, 0.5) is 0 Å². The summed E-state index contributed by atoms with van der Waals surface area (Å²) < 4.78 is 6.92. The average molecular weight is 285 g/mol. The molecule has 20 heavy (non-hydrogen) atoms. The van der Waals surface area contributed by atoms with E-state index in [9.17, 15) is 5.11 Å². The van der Waals surface area contributed by atoms with Gasteiger partial charge in [-0.25, -0.2) is 0 Å². The second-order valence-electron chi connectivity index (χ2n) is 4.54. The summed E-state index contributed by atoms with van der Waals surface area (Å²) in [5.74, 6) is 0.880. The molecular formula is C16H15NO2S. The van der Waals surface area contributed by atoms with Crippen LogP contribution in [0.1, 0.15) is 10.4 Å². The summed E-state index contributed by atoms with van der Waals surface area (Å²) >= 11 is 1.70. The van der Waals surface area contributed by atoms with Crippen LogP contribution in [0.3, 0.4) is 0 Å². The molecule has 3 rings (SSSR count). The molecule has 3 N–H and O–H groups in total. The van der Waals surface area contributed by atoms with Crippen LogP contribution in [-0.4, -0.2) is 5.11 Å². The van der Waals surface area contributed by atoms with Gasteiger partial charge in [-0.1, -0.05) is 24.3 Å². The first-order valence-electron chi connectivity index (χ1n) is 6.38. The first-order chi connectivity index (χ1) is 9.76. The molecule has 0 aliphatic rings. The van der Waals surface area contributed by atoms with Gasteiger partial charge in [0.2, 0.25) is 0 Å². The van der Waals surface area contributed by atoms with Crippen LogP contribution in [-0.2, 0) is 13.2 Å². The van der Waals surface area contributed by atoms with Crippen molar-refractivity contribution in [1.82, 2.24) is 0 Å². The number of fused-ring (bicyclic) bond motifs is 1. The minimum absolute atomic E-state index is 0.212. The topological polar surface area (TPSA) is 55.5 Å². The summed E-state index contributed by atoms with van der Waals surface area (Å²) in [6.45, 7) is 1.04. The third kappa shape index (κ3) is 2.61. The summed E-state index contributed by atoms with van der Waals surface area (Å²) in [4.78, 5) is 1.14. The Kier molecular flexibility index (Phi) is 3.58. The number of rotatable bonds is 4. The number of phenols is 1. The lowest BCUT2D eigenvalue weighted by atomic mass is 10.1. The van der Waals surface area contributed by atoms with Crippen molar-refractivity contribution in [2.24, 2.45) is 5.73 Å². The fraction of sp³-hybridized carbons (Fsp3) is 0.125. The molecule has 1 aromatic heterocycles. The Labute approximate surface area is 121 Å². The summed E-state index contributed by atoms with van der Waals surface area (Å²) in [7, 11) is 0. The normalized spacial score (nSPS) is 10.8. The monoisotopic (exact) mass is 285 g/mol. The quantitative estimate of drug-likeness (QED) is 0.769. The Morgan fingerprint density at radius 2 is 1.95 bits per heavy atom. The van der Waals surface area contributed by atoms with Crippen molar-refractivity contribution in [3.63, 3.8) is 0 Å². The van der Waals surface area contributed by atoms with Crippen molar-refractivity contribution in [3.05, 3.63) is 59.0 Å². The molecule has 0 saturated heterocycles. The summed E-state index contributed by atoms with van der Waals surface area (Å²) in [5.41, 5.74) is 6.92. The van der Waals surface area contributed by atoms with E-state index in [1.54, 1.807) is 29.5 Å². The first kappa shape index (κ1) is 13.0. The number of hydrogen-bond donors (Lipinski definition) is 2. The smallest absolute Gasteiger partial charge is 0.123 e. The van der Waals surface area contributed by atoms with Gasteiger partial charge in [0, 0.05) is 22.2 Å². The van der Waals surface area contributed by atoms with Gasteiger partial charge in [0.05, 0.1) is 0 Å². The zero-order valence-corrected chi connectivity index (χ0v) is 11.7. The van der Waals surface area contributed by atoms with Gasteiger partial charge in [-0.2, -0.15) is 0 Å². The van der Waals surface area contributed by atoms with Crippen molar-refractivity contribution in [1.29, 1.82) is 0 Å². The molecule has 2 aromatic carbocycles. The Balaban J connectivity index is 1.81. The molecule has 0 amide bonds. The molecule has 0 radical (unpaired) electrons. The SMILES string of the molecule is NCc1cccc2cc(COc3cccc(O)c3)sc12. The third-order valence-corrected chi connectivity index (χ3v) is 4.30. The molecule has 0 aliphatic heterocycles. The van der Waals surface area contributed by atoms with E-state index in [1.165, 1.54) is 10.1 Å². The highest BCUT2D eigenvalue weighted by Crippen LogP contribution is 2.29. The van der Waals surface area contributed by atoms with Crippen LogP contribution in [0, 0.1) is 0 Å². The van der Waals surface area contributed by atoms with E-state index < -0.39 is 0 Å². The lowest BCUT2D eigenvalue weighted by molar-refractivity contribution is 0.308. The van der Waals surface area contributed by atoms with Crippen LogP contribution >= 0.6 is 11.3 Å². The predicted octanol–water partition coefficient (Wildman–Crippen LogP) is 3.64. The zero-order chi connectivity index (χ0) is 13.9. The highest BCUT2D eigenvalue weighted by Gasteiger charge is 2.06. The molecule has 0 aliphatic carbocycles. The minimum atomic E-state index is 0.212. The number of aromatic hydroxyl groups is 1. The Bertz CT molecular complexity index is 736. The number of ether oxygens (including phenoxy) is 1. The molecule has 0 bridgehead atoms. The largest absolute Gasteiger partial charge is 0.508 e.